The highest BCUT2D eigenvalue weighted by Crippen LogP contribution is 2.36. The lowest BCUT2D eigenvalue weighted by molar-refractivity contribution is -0.115. The fourth-order valence-corrected chi connectivity index (χ4v) is 3.40. The van der Waals surface area contributed by atoms with E-state index in [1.807, 2.05) is 24.3 Å². The second-order valence-corrected chi connectivity index (χ2v) is 6.72. The van der Waals surface area contributed by atoms with Crippen LogP contribution in [0.15, 0.2) is 41.3 Å². The van der Waals surface area contributed by atoms with Gasteiger partial charge in [-0.05, 0) is 12.1 Å². The number of hydrogen-bond donors (Lipinski definition) is 1. The van der Waals surface area contributed by atoms with Crippen LogP contribution in [-0.4, -0.2) is 25.9 Å². The SMILES string of the molecule is COc1cc(NC(=O)CCSc2ccccc2Cl)c(OC)cc1Cl. The number of thioether (sulfide) groups is 1. The molecule has 0 bridgehead atoms. The zero-order valence-corrected chi connectivity index (χ0v) is 15.6. The van der Waals surface area contributed by atoms with Crippen LogP contribution in [-0.2, 0) is 4.79 Å². The minimum atomic E-state index is -0.128. The molecule has 0 aliphatic rings. The number of benzene rings is 2. The van der Waals surface area contributed by atoms with Gasteiger partial charge in [0.1, 0.15) is 11.5 Å². The number of methoxy groups -OCH3 is 2. The van der Waals surface area contributed by atoms with Crippen molar-refractivity contribution in [1.29, 1.82) is 0 Å². The van der Waals surface area contributed by atoms with Crippen molar-refractivity contribution in [1.82, 2.24) is 0 Å². The van der Waals surface area contributed by atoms with E-state index >= 15 is 0 Å². The third-order valence-electron chi connectivity index (χ3n) is 3.17. The molecule has 2 aromatic carbocycles. The first kappa shape index (κ1) is 18.8. The highest BCUT2D eigenvalue weighted by Gasteiger charge is 2.12. The summed E-state index contributed by atoms with van der Waals surface area (Å²) in [5, 5.41) is 3.92. The molecule has 4 nitrogen and oxygen atoms in total. The molecule has 2 rings (SSSR count). The van der Waals surface area contributed by atoms with Crippen molar-refractivity contribution in [2.75, 3.05) is 25.3 Å². The van der Waals surface area contributed by atoms with E-state index in [0.717, 1.165) is 4.90 Å². The summed E-state index contributed by atoms with van der Waals surface area (Å²) in [4.78, 5) is 13.1. The van der Waals surface area contributed by atoms with E-state index < -0.39 is 0 Å². The number of amides is 1. The topological polar surface area (TPSA) is 47.6 Å². The van der Waals surface area contributed by atoms with Gasteiger partial charge in [0.2, 0.25) is 5.91 Å². The number of halogens is 2. The largest absolute Gasteiger partial charge is 0.495 e. The van der Waals surface area contributed by atoms with Crippen LogP contribution in [0.2, 0.25) is 10.0 Å². The molecule has 0 atom stereocenters. The third kappa shape index (κ3) is 4.97. The van der Waals surface area contributed by atoms with E-state index in [-0.39, 0.29) is 5.91 Å². The molecule has 2 aromatic rings. The molecule has 0 saturated heterocycles. The van der Waals surface area contributed by atoms with Crippen molar-refractivity contribution >= 4 is 46.6 Å². The average Bonchev–Trinajstić information content (AvgIpc) is 2.57. The van der Waals surface area contributed by atoms with Crippen molar-refractivity contribution in [3.63, 3.8) is 0 Å². The number of nitrogens with one attached hydrogen (secondary N) is 1. The van der Waals surface area contributed by atoms with Crippen molar-refractivity contribution in [2.24, 2.45) is 0 Å². The molecule has 0 spiro atoms. The molecular weight excluding hydrogens is 369 g/mol. The van der Waals surface area contributed by atoms with Crippen LogP contribution in [0.25, 0.3) is 0 Å². The van der Waals surface area contributed by atoms with E-state index in [0.29, 0.717) is 39.4 Å². The predicted octanol–water partition coefficient (Wildman–Crippen LogP) is 5.13. The van der Waals surface area contributed by atoms with Crippen molar-refractivity contribution in [3.8, 4) is 11.5 Å². The van der Waals surface area contributed by atoms with Crippen molar-refractivity contribution < 1.29 is 14.3 Å². The van der Waals surface area contributed by atoms with E-state index in [9.17, 15) is 4.79 Å². The Morgan fingerprint density at radius 2 is 1.79 bits per heavy atom. The summed E-state index contributed by atoms with van der Waals surface area (Å²) in [5.74, 6) is 1.44. The predicted molar refractivity (Wildman–Crippen MR) is 100.0 cm³/mol. The standard InChI is InChI=1S/C17H17Cl2NO3S/c1-22-14-10-13(15(23-2)9-12(14)19)20-17(21)7-8-24-16-6-4-3-5-11(16)18/h3-6,9-10H,7-8H2,1-2H3,(H,20,21). The van der Waals surface area contributed by atoms with Crippen LogP contribution in [0, 0.1) is 0 Å². The summed E-state index contributed by atoms with van der Waals surface area (Å²) >= 11 is 13.7. The molecule has 128 valence electrons. The number of hydrogen-bond acceptors (Lipinski definition) is 4. The fraction of sp³-hybridized carbons (Fsp3) is 0.235. The lowest BCUT2D eigenvalue weighted by atomic mass is 10.2. The van der Waals surface area contributed by atoms with Crippen LogP contribution in [0.3, 0.4) is 0 Å². The van der Waals surface area contributed by atoms with Crippen LogP contribution in [0.4, 0.5) is 5.69 Å². The van der Waals surface area contributed by atoms with Gasteiger partial charge in [-0.1, -0.05) is 35.3 Å². The Bertz CT molecular complexity index is 725. The minimum Gasteiger partial charge on any atom is -0.495 e. The lowest BCUT2D eigenvalue weighted by Crippen LogP contribution is -2.13. The second-order valence-electron chi connectivity index (χ2n) is 4.76. The zero-order valence-electron chi connectivity index (χ0n) is 13.3. The average molecular weight is 386 g/mol. The molecule has 0 aliphatic carbocycles. The van der Waals surface area contributed by atoms with Gasteiger partial charge in [0, 0.05) is 29.2 Å². The van der Waals surface area contributed by atoms with Gasteiger partial charge >= 0.3 is 0 Å². The van der Waals surface area contributed by atoms with Gasteiger partial charge in [0.05, 0.1) is 30.0 Å². The van der Waals surface area contributed by atoms with E-state index in [2.05, 4.69) is 5.32 Å². The Morgan fingerprint density at radius 1 is 1.08 bits per heavy atom. The molecule has 0 fully saturated rings. The smallest absolute Gasteiger partial charge is 0.225 e. The Balaban J connectivity index is 1.96. The fourth-order valence-electron chi connectivity index (χ4n) is 1.99. The summed E-state index contributed by atoms with van der Waals surface area (Å²) in [6.07, 6.45) is 0.337. The molecule has 7 heteroatoms. The van der Waals surface area contributed by atoms with Crippen LogP contribution in [0.1, 0.15) is 6.42 Å². The zero-order chi connectivity index (χ0) is 17.5. The second kappa shape index (κ2) is 9.06. The maximum Gasteiger partial charge on any atom is 0.225 e. The van der Waals surface area contributed by atoms with Gasteiger partial charge in [-0.2, -0.15) is 0 Å². The maximum absolute atomic E-state index is 12.2. The quantitative estimate of drug-likeness (QED) is 0.670. The van der Waals surface area contributed by atoms with Crippen LogP contribution in [0.5, 0.6) is 11.5 Å². The molecular formula is C17H17Cl2NO3S. The van der Waals surface area contributed by atoms with Crippen LogP contribution < -0.4 is 14.8 Å². The van der Waals surface area contributed by atoms with E-state index in [4.69, 9.17) is 32.7 Å². The third-order valence-corrected chi connectivity index (χ3v) is 4.98. The van der Waals surface area contributed by atoms with E-state index in [1.165, 1.54) is 26.0 Å². The minimum absolute atomic E-state index is 0.128. The monoisotopic (exact) mass is 385 g/mol. The summed E-state index contributed by atoms with van der Waals surface area (Å²) in [6.45, 7) is 0. The van der Waals surface area contributed by atoms with Gasteiger partial charge in [-0.3, -0.25) is 4.79 Å². The highest BCUT2D eigenvalue weighted by atomic mass is 35.5. The molecule has 0 radical (unpaired) electrons. The first-order valence-corrected chi connectivity index (χ1v) is 8.88. The lowest BCUT2D eigenvalue weighted by Gasteiger charge is -2.13. The summed E-state index contributed by atoms with van der Waals surface area (Å²) in [7, 11) is 3.03. The number of ether oxygens (including phenoxy) is 2. The molecule has 0 heterocycles. The Morgan fingerprint density at radius 3 is 2.46 bits per heavy atom. The normalized spacial score (nSPS) is 10.3. The van der Waals surface area contributed by atoms with Gasteiger partial charge < -0.3 is 14.8 Å². The molecule has 1 amide bonds. The number of rotatable bonds is 7. The molecule has 0 saturated carbocycles. The number of carbonyl (C=O) groups is 1. The summed E-state index contributed by atoms with van der Waals surface area (Å²) in [5.41, 5.74) is 0.520. The molecule has 1 N–H and O–H groups in total. The Labute approximate surface area is 155 Å². The van der Waals surface area contributed by atoms with Gasteiger partial charge in [0.15, 0.2) is 0 Å². The Hall–Kier alpha value is -1.56. The van der Waals surface area contributed by atoms with Crippen LogP contribution >= 0.6 is 35.0 Å². The summed E-state index contributed by atoms with van der Waals surface area (Å²) in [6, 6.07) is 10.8. The summed E-state index contributed by atoms with van der Waals surface area (Å²) < 4.78 is 10.4. The molecule has 0 aromatic heterocycles. The van der Waals surface area contributed by atoms with Gasteiger partial charge in [0.25, 0.3) is 0 Å². The van der Waals surface area contributed by atoms with E-state index in [1.54, 1.807) is 12.1 Å². The van der Waals surface area contributed by atoms with Crippen molar-refractivity contribution in [3.05, 3.63) is 46.4 Å². The Kier molecular flexibility index (Phi) is 7.09. The molecule has 24 heavy (non-hydrogen) atoms. The van der Waals surface area contributed by atoms with Gasteiger partial charge in [-0.25, -0.2) is 0 Å². The number of anilines is 1. The first-order valence-electron chi connectivity index (χ1n) is 7.14. The number of carbonyl (C=O) groups excluding carboxylic acids is 1. The maximum atomic E-state index is 12.2. The van der Waals surface area contributed by atoms with Gasteiger partial charge in [-0.15, -0.1) is 11.8 Å². The molecule has 0 aliphatic heterocycles. The first-order chi connectivity index (χ1) is 11.5. The molecule has 0 unspecified atom stereocenters. The van der Waals surface area contributed by atoms with Crippen molar-refractivity contribution in [2.45, 2.75) is 11.3 Å². The highest BCUT2D eigenvalue weighted by molar-refractivity contribution is 7.99.